The first-order chi connectivity index (χ1) is 14.5. The Hall–Kier alpha value is -2.38. The summed E-state index contributed by atoms with van der Waals surface area (Å²) in [7, 11) is 6.64. The first kappa shape index (κ1) is 19.6. The minimum atomic E-state index is -0.386. The van der Waals surface area contributed by atoms with Crippen molar-refractivity contribution in [3.63, 3.8) is 0 Å². The molecule has 2 bridgehead atoms. The molecule has 0 spiro atoms. The Kier molecular flexibility index (Phi) is 4.63. The highest BCUT2D eigenvalue weighted by atomic mass is 16.7. The van der Waals surface area contributed by atoms with Gasteiger partial charge in [0.2, 0.25) is 12.5 Å². The Bertz CT molecular complexity index is 934. The summed E-state index contributed by atoms with van der Waals surface area (Å²) in [6.45, 7) is 4.65. The second-order valence-corrected chi connectivity index (χ2v) is 8.26. The molecule has 1 saturated heterocycles. The summed E-state index contributed by atoms with van der Waals surface area (Å²) in [4.78, 5) is 0. The van der Waals surface area contributed by atoms with E-state index in [0.29, 0.717) is 40.6 Å². The lowest BCUT2D eigenvalue weighted by Crippen LogP contribution is -2.36. The van der Waals surface area contributed by atoms with E-state index in [9.17, 15) is 0 Å². The van der Waals surface area contributed by atoms with Crippen molar-refractivity contribution in [3.05, 3.63) is 40.4 Å². The van der Waals surface area contributed by atoms with Crippen LogP contribution in [0.25, 0.3) is 0 Å². The van der Waals surface area contributed by atoms with E-state index in [1.54, 1.807) is 28.4 Å². The van der Waals surface area contributed by atoms with Crippen LogP contribution >= 0.6 is 0 Å². The number of methoxy groups -OCH3 is 4. The van der Waals surface area contributed by atoms with Crippen molar-refractivity contribution in [1.29, 1.82) is 0 Å². The van der Waals surface area contributed by atoms with Crippen LogP contribution in [0.3, 0.4) is 0 Å². The molecule has 7 heteroatoms. The van der Waals surface area contributed by atoms with Gasteiger partial charge in [-0.3, -0.25) is 0 Å². The minimum absolute atomic E-state index is 0.0648. The molecule has 1 aromatic carbocycles. The Balaban J connectivity index is 1.83. The average Bonchev–Trinajstić information content (AvgIpc) is 3.31. The number of allylic oxidation sites excluding steroid dienone is 1. The molecule has 0 N–H and O–H groups in total. The normalized spacial score (nSPS) is 33.5. The van der Waals surface area contributed by atoms with Gasteiger partial charge >= 0.3 is 0 Å². The molecule has 1 fully saturated rings. The second kappa shape index (κ2) is 7.10. The summed E-state index contributed by atoms with van der Waals surface area (Å²) in [6, 6.07) is 2.05. The van der Waals surface area contributed by atoms with Gasteiger partial charge in [-0.15, -0.1) is 0 Å². The van der Waals surface area contributed by atoms with Gasteiger partial charge in [0, 0.05) is 18.6 Å². The molecule has 3 aliphatic heterocycles. The van der Waals surface area contributed by atoms with Gasteiger partial charge in [-0.1, -0.05) is 13.8 Å². The van der Waals surface area contributed by atoms with Crippen molar-refractivity contribution in [1.82, 2.24) is 0 Å². The predicted octanol–water partition coefficient (Wildman–Crippen LogP) is 3.69. The number of hydrogen-bond acceptors (Lipinski definition) is 7. The molecule has 6 unspecified atom stereocenters. The van der Waals surface area contributed by atoms with E-state index >= 15 is 0 Å². The smallest absolute Gasteiger partial charge is 0.231 e. The summed E-state index contributed by atoms with van der Waals surface area (Å²) in [6.07, 6.45) is 1.52. The van der Waals surface area contributed by atoms with Gasteiger partial charge in [0.15, 0.2) is 23.0 Å². The van der Waals surface area contributed by atoms with Gasteiger partial charge < -0.3 is 33.2 Å². The van der Waals surface area contributed by atoms with Crippen LogP contribution in [0, 0.1) is 11.8 Å². The zero-order valence-corrected chi connectivity index (χ0v) is 18.2. The molecule has 0 amide bonds. The first-order valence-corrected chi connectivity index (χ1v) is 10.3. The molecular weight excluding hydrogens is 388 g/mol. The van der Waals surface area contributed by atoms with E-state index in [2.05, 4.69) is 19.9 Å². The van der Waals surface area contributed by atoms with Crippen molar-refractivity contribution in [2.24, 2.45) is 11.8 Å². The molecule has 162 valence electrons. The molecule has 3 heterocycles. The van der Waals surface area contributed by atoms with Gasteiger partial charge in [0.05, 0.1) is 33.5 Å². The van der Waals surface area contributed by atoms with Crippen LogP contribution < -0.4 is 14.2 Å². The minimum Gasteiger partial charge on any atom is -0.494 e. The molecule has 30 heavy (non-hydrogen) atoms. The SMILES string of the molecule is COC1=C(OC)C(OC)C2C(=C1)C1OC(c3cc4c(c(OC)c32)OCO4)C(C)C1C. The maximum Gasteiger partial charge on any atom is 0.231 e. The Labute approximate surface area is 176 Å². The van der Waals surface area contributed by atoms with Crippen molar-refractivity contribution >= 4 is 0 Å². The van der Waals surface area contributed by atoms with Gasteiger partial charge in [-0.2, -0.15) is 0 Å². The summed E-state index contributed by atoms with van der Waals surface area (Å²) in [5.74, 6) is 3.79. The molecule has 0 radical (unpaired) electrons. The van der Waals surface area contributed by atoms with E-state index in [1.165, 1.54) is 0 Å². The Morgan fingerprint density at radius 3 is 2.37 bits per heavy atom. The van der Waals surface area contributed by atoms with Gasteiger partial charge in [0.25, 0.3) is 0 Å². The molecule has 1 aromatic rings. The number of hydrogen-bond donors (Lipinski definition) is 0. The van der Waals surface area contributed by atoms with E-state index in [-0.39, 0.29) is 31.0 Å². The summed E-state index contributed by atoms with van der Waals surface area (Å²) >= 11 is 0. The number of fused-ring (bicyclic) bond motifs is 8. The second-order valence-electron chi connectivity index (χ2n) is 8.26. The third kappa shape index (κ3) is 2.45. The van der Waals surface area contributed by atoms with Crippen molar-refractivity contribution < 1.29 is 33.2 Å². The molecule has 4 aliphatic rings. The van der Waals surface area contributed by atoms with E-state index in [0.717, 1.165) is 16.7 Å². The lowest BCUT2D eigenvalue weighted by molar-refractivity contribution is 0.0318. The molecule has 0 saturated carbocycles. The number of ether oxygens (including phenoxy) is 7. The van der Waals surface area contributed by atoms with Crippen molar-refractivity contribution in [2.75, 3.05) is 35.2 Å². The number of benzene rings is 1. The highest BCUT2D eigenvalue weighted by molar-refractivity contribution is 5.65. The standard InChI is InChI=1S/C23H28O7/c1-10-11(2)19-13-8-15-21(29-9-28-15)23(27-6)17(13)16-12(18(10)30-19)7-14(24-3)20(25-4)22(16)26-5/h7-8,10-11,16,18-19,22H,9H2,1-6H3. The molecule has 6 atom stereocenters. The van der Waals surface area contributed by atoms with Crippen molar-refractivity contribution in [2.45, 2.75) is 38.1 Å². The topological polar surface area (TPSA) is 64.6 Å². The van der Waals surface area contributed by atoms with Crippen LogP contribution in [0.1, 0.15) is 37.0 Å². The van der Waals surface area contributed by atoms with Crippen LogP contribution in [0.4, 0.5) is 0 Å². The molecule has 7 nitrogen and oxygen atoms in total. The Morgan fingerprint density at radius 1 is 0.933 bits per heavy atom. The van der Waals surface area contributed by atoms with E-state index in [4.69, 9.17) is 33.2 Å². The van der Waals surface area contributed by atoms with Gasteiger partial charge in [-0.25, -0.2) is 0 Å². The van der Waals surface area contributed by atoms with Crippen LogP contribution in [0.5, 0.6) is 17.2 Å². The monoisotopic (exact) mass is 416 g/mol. The molecule has 0 aromatic heterocycles. The maximum absolute atomic E-state index is 6.66. The summed E-state index contributed by atoms with van der Waals surface area (Å²) in [5, 5.41) is 0. The third-order valence-corrected chi connectivity index (χ3v) is 7.07. The third-order valence-electron chi connectivity index (χ3n) is 7.07. The quantitative estimate of drug-likeness (QED) is 0.742. The lowest BCUT2D eigenvalue weighted by atomic mass is 9.70. The van der Waals surface area contributed by atoms with E-state index < -0.39 is 0 Å². The van der Waals surface area contributed by atoms with Crippen LogP contribution in [0.15, 0.2) is 29.2 Å². The van der Waals surface area contributed by atoms with Crippen molar-refractivity contribution in [3.8, 4) is 17.2 Å². The predicted molar refractivity (Wildman–Crippen MR) is 108 cm³/mol. The zero-order chi connectivity index (χ0) is 21.2. The fourth-order valence-electron chi connectivity index (χ4n) is 5.48. The van der Waals surface area contributed by atoms with E-state index in [1.807, 2.05) is 6.07 Å². The fourth-order valence-corrected chi connectivity index (χ4v) is 5.48. The largest absolute Gasteiger partial charge is 0.494 e. The lowest BCUT2D eigenvalue weighted by Gasteiger charge is -2.38. The van der Waals surface area contributed by atoms with Gasteiger partial charge in [0.1, 0.15) is 6.10 Å². The highest BCUT2D eigenvalue weighted by Gasteiger charge is 2.53. The first-order valence-electron chi connectivity index (χ1n) is 10.3. The van der Waals surface area contributed by atoms with Crippen LogP contribution in [-0.2, 0) is 18.9 Å². The van der Waals surface area contributed by atoms with Gasteiger partial charge in [-0.05, 0) is 35.1 Å². The average molecular weight is 416 g/mol. The van der Waals surface area contributed by atoms with Crippen LogP contribution in [-0.4, -0.2) is 47.4 Å². The molecule has 5 rings (SSSR count). The molecular formula is C23H28O7. The maximum atomic E-state index is 6.66. The van der Waals surface area contributed by atoms with Crippen LogP contribution in [0.2, 0.25) is 0 Å². The Morgan fingerprint density at radius 2 is 1.70 bits per heavy atom. The molecule has 1 aliphatic carbocycles. The summed E-state index contributed by atoms with van der Waals surface area (Å²) < 4.78 is 41.5. The highest BCUT2D eigenvalue weighted by Crippen LogP contribution is 2.60. The summed E-state index contributed by atoms with van der Waals surface area (Å²) in [5.41, 5.74) is 3.18. The fraction of sp³-hybridized carbons (Fsp3) is 0.565. The zero-order valence-electron chi connectivity index (χ0n) is 18.2. The number of rotatable bonds is 4.